The summed E-state index contributed by atoms with van der Waals surface area (Å²) >= 11 is 0. The van der Waals surface area contributed by atoms with Gasteiger partial charge in [-0.15, -0.1) is 0 Å². The van der Waals surface area contributed by atoms with Gasteiger partial charge in [-0.2, -0.15) is 0 Å². The zero-order valence-electron chi connectivity index (χ0n) is 16.5. The monoisotopic (exact) mass is 410 g/mol. The van der Waals surface area contributed by atoms with Crippen molar-refractivity contribution in [3.05, 3.63) is 59.2 Å². The van der Waals surface area contributed by atoms with Gasteiger partial charge in [-0.25, -0.2) is 9.59 Å². The molecule has 2 N–H and O–H groups in total. The fourth-order valence-electron chi connectivity index (χ4n) is 3.50. The first-order chi connectivity index (χ1) is 14.4. The number of aromatic carboxylic acids is 1. The van der Waals surface area contributed by atoms with Crippen LogP contribution in [0.2, 0.25) is 0 Å². The summed E-state index contributed by atoms with van der Waals surface area (Å²) in [6.45, 7) is 2.18. The molecule has 8 heteroatoms. The highest BCUT2D eigenvalue weighted by Gasteiger charge is 2.57. The molecule has 0 unspecified atom stereocenters. The number of hydrogen-bond donors (Lipinski definition) is 2. The van der Waals surface area contributed by atoms with Gasteiger partial charge < -0.3 is 24.8 Å². The SMILES string of the molecule is Cc1cc2c(cc1C(=O)O)N(CCNC(=O)OCc1ccccc1)C(=O)C1(CC1)O2. The van der Waals surface area contributed by atoms with Crippen LogP contribution in [0.5, 0.6) is 5.75 Å². The van der Waals surface area contributed by atoms with Gasteiger partial charge in [-0.3, -0.25) is 4.79 Å². The highest BCUT2D eigenvalue weighted by Crippen LogP contribution is 2.49. The smallest absolute Gasteiger partial charge is 0.407 e. The van der Waals surface area contributed by atoms with E-state index in [1.807, 2.05) is 30.3 Å². The van der Waals surface area contributed by atoms with E-state index < -0.39 is 17.7 Å². The molecule has 2 amide bonds. The van der Waals surface area contributed by atoms with E-state index in [0.29, 0.717) is 29.8 Å². The van der Waals surface area contributed by atoms with Crippen molar-refractivity contribution in [2.75, 3.05) is 18.0 Å². The van der Waals surface area contributed by atoms with Gasteiger partial charge in [0.05, 0.1) is 11.3 Å². The van der Waals surface area contributed by atoms with Crippen LogP contribution >= 0.6 is 0 Å². The summed E-state index contributed by atoms with van der Waals surface area (Å²) in [4.78, 5) is 37.9. The number of fused-ring (bicyclic) bond motifs is 1. The number of carboxylic acids is 1. The Bertz CT molecular complexity index is 1000. The first kappa shape index (κ1) is 19.8. The molecule has 1 aliphatic heterocycles. The maximum atomic E-state index is 12.9. The van der Waals surface area contributed by atoms with Crippen molar-refractivity contribution in [3.8, 4) is 5.75 Å². The largest absolute Gasteiger partial charge is 0.478 e. The third kappa shape index (κ3) is 3.80. The molecule has 0 saturated heterocycles. The lowest BCUT2D eigenvalue weighted by atomic mass is 10.0. The fourth-order valence-corrected chi connectivity index (χ4v) is 3.50. The number of aryl methyl sites for hydroxylation is 1. The van der Waals surface area contributed by atoms with Gasteiger partial charge in [-0.05, 0) is 30.2 Å². The van der Waals surface area contributed by atoms with Crippen molar-refractivity contribution in [2.24, 2.45) is 0 Å². The Hall–Kier alpha value is -3.55. The molecule has 0 aromatic heterocycles. The van der Waals surface area contributed by atoms with E-state index in [1.54, 1.807) is 13.0 Å². The third-order valence-corrected chi connectivity index (χ3v) is 5.29. The molecule has 0 bridgehead atoms. The molecule has 1 fully saturated rings. The molecule has 4 rings (SSSR count). The second-order valence-electron chi connectivity index (χ2n) is 7.48. The number of ether oxygens (including phenoxy) is 2. The standard InChI is InChI=1S/C22H22N2O6/c1-14-11-18-17(12-16(14)19(25)26)24(20(27)22(30-18)7-8-22)10-9-23-21(28)29-13-15-5-3-2-4-6-15/h2-6,11-12H,7-10,13H2,1H3,(H,23,28)(H,25,26). The molecular formula is C22H22N2O6. The number of rotatable bonds is 6. The molecule has 1 heterocycles. The van der Waals surface area contributed by atoms with E-state index in [4.69, 9.17) is 9.47 Å². The number of nitrogens with zero attached hydrogens (tertiary/aromatic N) is 1. The lowest BCUT2D eigenvalue weighted by Gasteiger charge is -2.35. The predicted molar refractivity (Wildman–Crippen MR) is 108 cm³/mol. The average Bonchev–Trinajstić information content (AvgIpc) is 3.50. The van der Waals surface area contributed by atoms with Crippen LogP contribution in [0, 0.1) is 6.92 Å². The third-order valence-electron chi connectivity index (χ3n) is 5.29. The molecule has 2 aromatic rings. The molecule has 1 spiro atoms. The Kier molecular flexibility index (Phi) is 5.07. The lowest BCUT2D eigenvalue weighted by Crippen LogP contribution is -2.50. The topological polar surface area (TPSA) is 105 Å². The molecule has 2 aromatic carbocycles. The summed E-state index contributed by atoms with van der Waals surface area (Å²) < 4.78 is 11.1. The molecule has 156 valence electrons. The highest BCUT2D eigenvalue weighted by atomic mass is 16.5. The minimum atomic E-state index is -1.07. The Morgan fingerprint density at radius 3 is 2.63 bits per heavy atom. The van der Waals surface area contributed by atoms with Crippen LogP contribution in [-0.2, 0) is 16.1 Å². The maximum Gasteiger partial charge on any atom is 0.407 e. The van der Waals surface area contributed by atoms with Crippen molar-refractivity contribution < 1.29 is 29.0 Å². The highest BCUT2D eigenvalue weighted by molar-refractivity contribution is 6.06. The molecule has 0 radical (unpaired) electrons. The summed E-state index contributed by atoms with van der Waals surface area (Å²) in [5.41, 5.74) is 1.08. The molecule has 2 aliphatic rings. The van der Waals surface area contributed by atoms with Gasteiger partial charge in [-0.1, -0.05) is 30.3 Å². The van der Waals surface area contributed by atoms with Crippen molar-refractivity contribution in [2.45, 2.75) is 32.0 Å². The molecule has 8 nitrogen and oxygen atoms in total. The molecule has 1 aliphatic carbocycles. The Morgan fingerprint density at radius 1 is 1.23 bits per heavy atom. The minimum absolute atomic E-state index is 0.108. The maximum absolute atomic E-state index is 12.9. The van der Waals surface area contributed by atoms with Crippen LogP contribution in [0.4, 0.5) is 10.5 Å². The summed E-state index contributed by atoms with van der Waals surface area (Å²) in [5, 5.41) is 12.1. The van der Waals surface area contributed by atoms with E-state index in [2.05, 4.69) is 5.32 Å². The quantitative estimate of drug-likeness (QED) is 0.759. The van der Waals surface area contributed by atoms with Crippen LogP contribution in [0.25, 0.3) is 0 Å². The second-order valence-corrected chi connectivity index (χ2v) is 7.48. The van der Waals surface area contributed by atoms with Gasteiger partial charge in [0.2, 0.25) is 0 Å². The summed E-state index contributed by atoms with van der Waals surface area (Å²) in [5.74, 6) is -0.798. The van der Waals surface area contributed by atoms with Gasteiger partial charge >= 0.3 is 12.1 Å². The van der Waals surface area contributed by atoms with Gasteiger partial charge in [0.25, 0.3) is 5.91 Å². The van der Waals surface area contributed by atoms with Crippen molar-refractivity contribution in [1.29, 1.82) is 0 Å². The average molecular weight is 410 g/mol. The van der Waals surface area contributed by atoms with E-state index in [1.165, 1.54) is 11.0 Å². The number of hydrogen-bond acceptors (Lipinski definition) is 5. The number of carboxylic acid groups (broad SMARTS) is 1. The fraction of sp³-hybridized carbons (Fsp3) is 0.318. The number of carbonyl (C=O) groups excluding carboxylic acids is 2. The number of carbonyl (C=O) groups is 3. The molecular weight excluding hydrogens is 388 g/mol. The Morgan fingerprint density at radius 2 is 1.97 bits per heavy atom. The van der Waals surface area contributed by atoms with E-state index in [9.17, 15) is 19.5 Å². The first-order valence-electron chi connectivity index (χ1n) is 9.73. The number of benzene rings is 2. The number of anilines is 1. The van der Waals surface area contributed by atoms with E-state index in [-0.39, 0.29) is 31.2 Å². The van der Waals surface area contributed by atoms with Crippen molar-refractivity contribution in [1.82, 2.24) is 5.32 Å². The van der Waals surface area contributed by atoms with Gasteiger partial charge in [0.1, 0.15) is 12.4 Å². The van der Waals surface area contributed by atoms with Gasteiger partial charge in [0, 0.05) is 25.9 Å². The van der Waals surface area contributed by atoms with Crippen LogP contribution in [-0.4, -0.2) is 41.8 Å². The predicted octanol–water partition coefficient (Wildman–Crippen LogP) is 2.88. The normalized spacial score (nSPS) is 15.9. The number of nitrogens with one attached hydrogen (secondary N) is 1. The molecule has 30 heavy (non-hydrogen) atoms. The first-order valence-corrected chi connectivity index (χ1v) is 9.73. The zero-order valence-corrected chi connectivity index (χ0v) is 16.5. The minimum Gasteiger partial charge on any atom is -0.478 e. The van der Waals surface area contributed by atoms with Crippen LogP contribution in [0.15, 0.2) is 42.5 Å². The Labute approximate surface area is 173 Å². The summed E-state index contributed by atoms with van der Waals surface area (Å²) in [6.07, 6.45) is 0.651. The molecule has 0 atom stereocenters. The summed E-state index contributed by atoms with van der Waals surface area (Å²) in [6, 6.07) is 12.4. The lowest BCUT2D eigenvalue weighted by molar-refractivity contribution is -0.128. The summed E-state index contributed by atoms with van der Waals surface area (Å²) in [7, 11) is 0. The second kappa shape index (κ2) is 7.70. The van der Waals surface area contributed by atoms with E-state index >= 15 is 0 Å². The van der Waals surface area contributed by atoms with Crippen LogP contribution in [0.1, 0.15) is 34.3 Å². The van der Waals surface area contributed by atoms with Crippen molar-refractivity contribution in [3.63, 3.8) is 0 Å². The number of amides is 2. The van der Waals surface area contributed by atoms with Crippen LogP contribution in [0.3, 0.4) is 0 Å². The number of alkyl carbamates (subject to hydrolysis) is 1. The molecule has 1 saturated carbocycles. The van der Waals surface area contributed by atoms with E-state index in [0.717, 1.165) is 5.56 Å². The van der Waals surface area contributed by atoms with Crippen LogP contribution < -0.4 is 15.0 Å². The van der Waals surface area contributed by atoms with Gasteiger partial charge in [0.15, 0.2) is 5.60 Å². The zero-order chi connectivity index (χ0) is 21.3. The Balaban J connectivity index is 1.43. The van der Waals surface area contributed by atoms with Crippen molar-refractivity contribution >= 4 is 23.7 Å².